The Morgan fingerprint density at radius 2 is 2.00 bits per heavy atom. The van der Waals surface area contributed by atoms with E-state index < -0.39 is 0 Å². The largest absolute Gasteiger partial charge is 0.154 e. The summed E-state index contributed by atoms with van der Waals surface area (Å²) in [7, 11) is 0. The second-order valence-corrected chi connectivity index (χ2v) is 3.98. The first-order chi connectivity index (χ1) is 7.93. The van der Waals surface area contributed by atoms with Gasteiger partial charge in [0.15, 0.2) is 0 Å². The van der Waals surface area contributed by atoms with Crippen LogP contribution in [-0.4, -0.2) is 10.2 Å². The third kappa shape index (κ3) is 1.63. The molecule has 2 heteroatoms. The van der Waals surface area contributed by atoms with Gasteiger partial charge in [-0.3, -0.25) is 0 Å². The molecule has 0 saturated heterocycles. The lowest BCUT2D eigenvalue weighted by Crippen LogP contribution is -2.01. The van der Waals surface area contributed by atoms with Gasteiger partial charge in [0.25, 0.3) is 0 Å². The highest BCUT2D eigenvalue weighted by Gasteiger charge is 2.10. The highest BCUT2D eigenvalue weighted by Crippen LogP contribution is 2.24. The first kappa shape index (κ1) is 9.28. The maximum absolute atomic E-state index is 4.30. The van der Waals surface area contributed by atoms with Crippen LogP contribution in [-0.2, 0) is 0 Å². The van der Waals surface area contributed by atoms with E-state index in [1.54, 1.807) is 0 Å². The van der Waals surface area contributed by atoms with Gasteiger partial charge < -0.3 is 0 Å². The van der Waals surface area contributed by atoms with Crippen molar-refractivity contribution in [1.29, 1.82) is 0 Å². The van der Waals surface area contributed by atoms with E-state index in [2.05, 4.69) is 46.6 Å². The molecule has 0 fully saturated rings. The second-order valence-electron chi connectivity index (χ2n) is 3.98. The molecular formula is C14H12N2. The van der Waals surface area contributed by atoms with Crippen molar-refractivity contribution in [3.8, 4) is 0 Å². The lowest BCUT2D eigenvalue weighted by molar-refractivity contribution is 0.791. The number of nitrogens with zero attached hydrogens (tertiary/aromatic N) is 2. The fourth-order valence-corrected chi connectivity index (χ4v) is 1.98. The van der Waals surface area contributed by atoms with E-state index in [1.165, 1.54) is 0 Å². The number of hydrogen-bond donors (Lipinski definition) is 0. The fourth-order valence-electron chi connectivity index (χ4n) is 1.98. The van der Waals surface area contributed by atoms with E-state index in [0.29, 0.717) is 5.92 Å². The normalized spacial score (nSPS) is 19.1. The van der Waals surface area contributed by atoms with Crippen LogP contribution in [0.3, 0.4) is 0 Å². The lowest BCUT2D eigenvalue weighted by atomic mass is 9.96. The minimum absolute atomic E-state index is 0.377. The molecule has 2 nitrogen and oxygen atoms in total. The molecule has 0 amide bonds. The topological polar surface area (TPSA) is 25.8 Å². The third-order valence-electron chi connectivity index (χ3n) is 2.87. The molecule has 1 aliphatic carbocycles. The molecule has 2 aromatic rings. The Morgan fingerprint density at radius 1 is 1.06 bits per heavy atom. The summed E-state index contributed by atoms with van der Waals surface area (Å²) in [5, 5.41) is 9.71. The van der Waals surface area contributed by atoms with E-state index in [4.69, 9.17) is 0 Å². The van der Waals surface area contributed by atoms with Crippen molar-refractivity contribution in [3.63, 3.8) is 0 Å². The molecule has 0 spiro atoms. The molecule has 0 N–H and O–H groups in total. The Kier molecular flexibility index (Phi) is 2.26. The summed E-state index contributed by atoms with van der Waals surface area (Å²) in [5.41, 5.74) is 2.01. The molecule has 1 unspecified atom stereocenters. The number of aromatic nitrogens is 2. The first-order valence-electron chi connectivity index (χ1n) is 5.49. The van der Waals surface area contributed by atoms with Gasteiger partial charge in [-0.15, -0.1) is 0 Å². The summed E-state index contributed by atoms with van der Waals surface area (Å²) in [6, 6.07) is 10.2. The number of rotatable bonds is 1. The van der Waals surface area contributed by atoms with Gasteiger partial charge in [0.2, 0.25) is 0 Å². The molecule has 0 radical (unpaired) electrons. The van der Waals surface area contributed by atoms with Crippen molar-refractivity contribution in [2.45, 2.75) is 12.3 Å². The minimum atomic E-state index is 0.377. The zero-order valence-electron chi connectivity index (χ0n) is 8.88. The minimum Gasteiger partial charge on any atom is -0.154 e. The zero-order chi connectivity index (χ0) is 10.8. The van der Waals surface area contributed by atoms with E-state index >= 15 is 0 Å². The van der Waals surface area contributed by atoms with Crippen LogP contribution in [0, 0.1) is 0 Å². The average molecular weight is 208 g/mol. The summed E-state index contributed by atoms with van der Waals surface area (Å²) < 4.78 is 0. The van der Waals surface area contributed by atoms with Crippen LogP contribution in [0.5, 0.6) is 0 Å². The lowest BCUT2D eigenvalue weighted by Gasteiger charge is -2.11. The smallest absolute Gasteiger partial charge is 0.0929 e. The number of hydrogen-bond acceptors (Lipinski definition) is 2. The molecule has 0 saturated carbocycles. The Balaban J connectivity index is 2.05. The quantitative estimate of drug-likeness (QED) is 0.719. The van der Waals surface area contributed by atoms with Gasteiger partial charge >= 0.3 is 0 Å². The summed E-state index contributed by atoms with van der Waals surface area (Å²) in [5.74, 6) is 0.377. The average Bonchev–Trinajstić information content (AvgIpc) is 2.39. The van der Waals surface area contributed by atoms with Gasteiger partial charge in [-0.05, 0) is 18.6 Å². The number of allylic oxidation sites excluding steroid dienone is 4. The van der Waals surface area contributed by atoms with Crippen LogP contribution < -0.4 is 0 Å². The second kappa shape index (κ2) is 3.89. The van der Waals surface area contributed by atoms with Crippen molar-refractivity contribution in [1.82, 2.24) is 10.2 Å². The standard InChI is InChI=1S/C14H12N2/c1-2-6-11(7-3-1)14-10-12-8-4-5-9-13(12)15-16-14/h1-6,8-11H,7H2. The van der Waals surface area contributed by atoms with Crippen LogP contribution in [0.15, 0.2) is 54.6 Å². The van der Waals surface area contributed by atoms with Gasteiger partial charge in [-0.1, -0.05) is 42.5 Å². The van der Waals surface area contributed by atoms with Crippen LogP contribution in [0.1, 0.15) is 18.0 Å². The van der Waals surface area contributed by atoms with Crippen molar-refractivity contribution in [3.05, 3.63) is 60.3 Å². The molecular weight excluding hydrogens is 196 g/mol. The molecule has 1 atom stereocenters. The molecule has 1 heterocycles. The summed E-state index contributed by atoms with van der Waals surface area (Å²) in [6.45, 7) is 0. The molecule has 3 rings (SSSR count). The monoisotopic (exact) mass is 208 g/mol. The third-order valence-corrected chi connectivity index (χ3v) is 2.87. The summed E-state index contributed by atoms with van der Waals surface area (Å²) in [6.07, 6.45) is 9.51. The van der Waals surface area contributed by atoms with Gasteiger partial charge in [0.1, 0.15) is 0 Å². The Hall–Kier alpha value is -1.96. The van der Waals surface area contributed by atoms with Gasteiger partial charge in [-0.2, -0.15) is 10.2 Å². The van der Waals surface area contributed by atoms with Crippen molar-refractivity contribution >= 4 is 10.9 Å². The number of fused-ring (bicyclic) bond motifs is 1. The van der Waals surface area contributed by atoms with Crippen LogP contribution in [0.2, 0.25) is 0 Å². The van der Waals surface area contributed by atoms with Crippen LogP contribution in [0.4, 0.5) is 0 Å². The maximum atomic E-state index is 4.30. The highest BCUT2D eigenvalue weighted by molar-refractivity contribution is 5.78. The van der Waals surface area contributed by atoms with Gasteiger partial charge in [0, 0.05) is 11.3 Å². The summed E-state index contributed by atoms with van der Waals surface area (Å²) in [4.78, 5) is 0. The van der Waals surface area contributed by atoms with Crippen LogP contribution in [0.25, 0.3) is 10.9 Å². The van der Waals surface area contributed by atoms with E-state index in [9.17, 15) is 0 Å². The summed E-state index contributed by atoms with van der Waals surface area (Å²) >= 11 is 0. The van der Waals surface area contributed by atoms with E-state index in [0.717, 1.165) is 23.0 Å². The SMILES string of the molecule is C1=CCC(c2cc3ccccc3nn2)C=C1. The predicted molar refractivity (Wildman–Crippen MR) is 65.2 cm³/mol. The Morgan fingerprint density at radius 3 is 2.88 bits per heavy atom. The Labute approximate surface area is 94.3 Å². The molecule has 1 aromatic heterocycles. The van der Waals surface area contributed by atoms with Crippen molar-refractivity contribution in [2.24, 2.45) is 0 Å². The Bertz CT molecular complexity index is 570. The highest BCUT2D eigenvalue weighted by atomic mass is 15.1. The van der Waals surface area contributed by atoms with E-state index in [-0.39, 0.29) is 0 Å². The molecule has 16 heavy (non-hydrogen) atoms. The maximum Gasteiger partial charge on any atom is 0.0929 e. The molecule has 0 aliphatic heterocycles. The van der Waals surface area contributed by atoms with Crippen molar-refractivity contribution in [2.75, 3.05) is 0 Å². The van der Waals surface area contributed by atoms with Gasteiger partial charge in [0.05, 0.1) is 11.2 Å². The van der Waals surface area contributed by atoms with Crippen LogP contribution >= 0.6 is 0 Å². The molecule has 0 bridgehead atoms. The predicted octanol–water partition coefficient (Wildman–Crippen LogP) is 3.23. The van der Waals surface area contributed by atoms with Crippen molar-refractivity contribution < 1.29 is 0 Å². The van der Waals surface area contributed by atoms with Gasteiger partial charge in [-0.25, -0.2) is 0 Å². The molecule has 1 aromatic carbocycles. The number of benzene rings is 1. The molecule has 1 aliphatic rings. The zero-order valence-corrected chi connectivity index (χ0v) is 8.88. The van der Waals surface area contributed by atoms with E-state index in [1.807, 2.05) is 18.2 Å². The fraction of sp³-hybridized carbons (Fsp3) is 0.143. The first-order valence-corrected chi connectivity index (χ1v) is 5.49. The molecule has 78 valence electrons.